The van der Waals surface area contributed by atoms with Gasteiger partial charge in [-0.05, 0) is 18.3 Å². The maximum absolute atomic E-state index is 11.2. The highest BCUT2D eigenvalue weighted by Crippen LogP contribution is 2.52. The van der Waals surface area contributed by atoms with Crippen molar-refractivity contribution in [2.45, 2.75) is 24.3 Å². The lowest BCUT2D eigenvalue weighted by atomic mass is 10.1. The van der Waals surface area contributed by atoms with Gasteiger partial charge in [0.15, 0.2) is 0 Å². The molecule has 2 N–H and O–H groups in total. The number of aromatic nitrogens is 2. The van der Waals surface area contributed by atoms with Crippen molar-refractivity contribution in [2.24, 2.45) is 5.41 Å². The third-order valence-electron chi connectivity index (χ3n) is 2.76. The molecule has 1 aromatic rings. The molecule has 0 aromatic carbocycles. The SMILES string of the molecule is O=C(O)CC1(CSc2nc[nH]c(=O)c2Cl)CC1. The molecule has 0 spiro atoms. The minimum absolute atomic E-state index is 0.0728. The maximum Gasteiger partial charge on any atom is 0.303 e. The summed E-state index contributed by atoms with van der Waals surface area (Å²) in [5.41, 5.74) is -0.503. The van der Waals surface area contributed by atoms with Crippen LogP contribution in [0.5, 0.6) is 0 Å². The van der Waals surface area contributed by atoms with Gasteiger partial charge >= 0.3 is 5.97 Å². The van der Waals surface area contributed by atoms with E-state index in [1.165, 1.54) is 18.1 Å². The highest BCUT2D eigenvalue weighted by molar-refractivity contribution is 7.99. The van der Waals surface area contributed by atoms with E-state index in [1.54, 1.807) is 0 Å². The highest BCUT2D eigenvalue weighted by Gasteiger charge is 2.44. The van der Waals surface area contributed by atoms with E-state index in [0.29, 0.717) is 10.8 Å². The fourth-order valence-corrected chi connectivity index (χ4v) is 3.01. The Morgan fingerprint density at radius 3 is 2.94 bits per heavy atom. The van der Waals surface area contributed by atoms with Crippen molar-refractivity contribution in [3.63, 3.8) is 0 Å². The molecule has 17 heavy (non-hydrogen) atoms. The number of hydrogen-bond acceptors (Lipinski definition) is 4. The predicted molar refractivity (Wildman–Crippen MR) is 64.5 cm³/mol. The molecule has 1 saturated carbocycles. The van der Waals surface area contributed by atoms with E-state index < -0.39 is 5.97 Å². The summed E-state index contributed by atoms with van der Waals surface area (Å²) in [5, 5.41) is 9.32. The molecule has 0 radical (unpaired) electrons. The summed E-state index contributed by atoms with van der Waals surface area (Å²) in [4.78, 5) is 28.3. The summed E-state index contributed by atoms with van der Waals surface area (Å²) in [6.45, 7) is 0. The van der Waals surface area contributed by atoms with Crippen LogP contribution in [-0.4, -0.2) is 26.8 Å². The third-order valence-corrected chi connectivity index (χ3v) is 4.57. The van der Waals surface area contributed by atoms with E-state index in [9.17, 15) is 9.59 Å². The predicted octanol–water partition coefficient (Wildman–Crippen LogP) is 1.77. The Morgan fingerprint density at radius 1 is 1.65 bits per heavy atom. The molecule has 5 nitrogen and oxygen atoms in total. The summed E-state index contributed by atoms with van der Waals surface area (Å²) in [6, 6.07) is 0. The molecule has 0 aliphatic heterocycles. The van der Waals surface area contributed by atoms with Crippen LogP contribution >= 0.6 is 23.4 Å². The molecule has 1 aromatic heterocycles. The zero-order valence-corrected chi connectivity index (χ0v) is 10.5. The van der Waals surface area contributed by atoms with Crippen LogP contribution in [0.3, 0.4) is 0 Å². The van der Waals surface area contributed by atoms with Gasteiger partial charge in [-0.3, -0.25) is 9.59 Å². The van der Waals surface area contributed by atoms with Gasteiger partial charge in [-0.25, -0.2) is 4.98 Å². The lowest BCUT2D eigenvalue weighted by Crippen LogP contribution is -2.12. The number of carboxylic acid groups (broad SMARTS) is 1. The average Bonchev–Trinajstić information content (AvgIpc) is 3.00. The summed E-state index contributed by atoms with van der Waals surface area (Å²) in [5.74, 6) is -0.150. The van der Waals surface area contributed by atoms with Gasteiger partial charge in [0.2, 0.25) is 0 Å². The van der Waals surface area contributed by atoms with Crippen LogP contribution in [0.2, 0.25) is 5.02 Å². The summed E-state index contributed by atoms with van der Waals surface area (Å²) in [7, 11) is 0. The number of rotatable bonds is 5. The van der Waals surface area contributed by atoms with E-state index >= 15 is 0 Å². The van der Waals surface area contributed by atoms with Gasteiger partial charge in [0.25, 0.3) is 5.56 Å². The lowest BCUT2D eigenvalue weighted by Gasteiger charge is -2.11. The van der Waals surface area contributed by atoms with Crippen molar-refractivity contribution in [2.75, 3.05) is 5.75 Å². The van der Waals surface area contributed by atoms with Crippen LogP contribution in [0.1, 0.15) is 19.3 Å². The van der Waals surface area contributed by atoms with Crippen molar-refractivity contribution in [3.05, 3.63) is 21.7 Å². The smallest absolute Gasteiger partial charge is 0.303 e. The van der Waals surface area contributed by atoms with E-state index in [1.807, 2.05) is 0 Å². The second-order valence-corrected chi connectivity index (χ2v) is 5.55. The molecule has 2 rings (SSSR count). The molecule has 1 aliphatic carbocycles. The number of thioether (sulfide) groups is 1. The first-order valence-electron chi connectivity index (χ1n) is 5.10. The van der Waals surface area contributed by atoms with E-state index in [-0.39, 0.29) is 22.4 Å². The first kappa shape index (κ1) is 12.4. The largest absolute Gasteiger partial charge is 0.481 e. The topological polar surface area (TPSA) is 83.0 Å². The molecule has 1 heterocycles. The van der Waals surface area contributed by atoms with Crippen molar-refractivity contribution < 1.29 is 9.90 Å². The van der Waals surface area contributed by atoms with Gasteiger partial charge in [0, 0.05) is 5.75 Å². The standard InChI is InChI=1S/C10H11ClN2O3S/c11-7-8(16)12-5-13-9(7)17-4-10(1-2-10)3-6(14)15/h5H,1-4H2,(H,14,15)(H,12,13,16). The Hall–Kier alpha value is -1.01. The molecule has 7 heteroatoms. The van der Waals surface area contributed by atoms with Crippen LogP contribution in [0.25, 0.3) is 0 Å². The van der Waals surface area contributed by atoms with Crippen LogP contribution in [0, 0.1) is 5.41 Å². The van der Waals surface area contributed by atoms with Gasteiger partial charge in [-0.1, -0.05) is 11.6 Å². The lowest BCUT2D eigenvalue weighted by molar-refractivity contribution is -0.138. The number of halogens is 1. The summed E-state index contributed by atoms with van der Waals surface area (Å²) < 4.78 is 0. The molecule has 0 atom stereocenters. The van der Waals surface area contributed by atoms with Crippen LogP contribution in [-0.2, 0) is 4.79 Å². The Balaban J connectivity index is 2.01. The number of nitrogens with one attached hydrogen (secondary N) is 1. The van der Waals surface area contributed by atoms with Crippen molar-refractivity contribution in [1.82, 2.24) is 9.97 Å². The first-order chi connectivity index (χ1) is 8.02. The van der Waals surface area contributed by atoms with Crippen LogP contribution < -0.4 is 5.56 Å². The zero-order valence-electron chi connectivity index (χ0n) is 8.90. The number of aliphatic carboxylic acids is 1. The van der Waals surface area contributed by atoms with Gasteiger partial charge in [0.05, 0.1) is 12.7 Å². The maximum atomic E-state index is 11.2. The van der Waals surface area contributed by atoms with Crippen molar-refractivity contribution in [1.29, 1.82) is 0 Å². The van der Waals surface area contributed by atoms with Gasteiger partial charge in [-0.15, -0.1) is 11.8 Å². The van der Waals surface area contributed by atoms with Gasteiger partial charge in [-0.2, -0.15) is 0 Å². The minimum atomic E-state index is -0.784. The molecule has 0 unspecified atom stereocenters. The fraction of sp³-hybridized carbons (Fsp3) is 0.500. The zero-order chi connectivity index (χ0) is 12.5. The molecule has 0 bridgehead atoms. The monoisotopic (exact) mass is 274 g/mol. The second-order valence-electron chi connectivity index (χ2n) is 4.21. The van der Waals surface area contributed by atoms with Gasteiger partial charge in [0.1, 0.15) is 10.0 Å². The fourth-order valence-electron chi connectivity index (χ4n) is 1.56. The second kappa shape index (κ2) is 4.70. The number of nitrogens with zero attached hydrogens (tertiary/aromatic N) is 1. The number of carboxylic acids is 1. The molecular formula is C10H11ClN2O3S. The molecule has 1 fully saturated rings. The van der Waals surface area contributed by atoms with Crippen molar-refractivity contribution >= 4 is 29.3 Å². The summed E-state index contributed by atoms with van der Waals surface area (Å²) >= 11 is 7.15. The number of aromatic amines is 1. The van der Waals surface area contributed by atoms with E-state index in [0.717, 1.165) is 12.8 Å². The van der Waals surface area contributed by atoms with E-state index in [4.69, 9.17) is 16.7 Å². The quantitative estimate of drug-likeness (QED) is 0.632. The Bertz CT molecular complexity index is 499. The Labute approximate surface area is 107 Å². The van der Waals surface area contributed by atoms with Crippen LogP contribution in [0.15, 0.2) is 16.1 Å². The summed E-state index contributed by atoms with van der Waals surface area (Å²) in [6.07, 6.45) is 3.29. The highest BCUT2D eigenvalue weighted by atomic mass is 35.5. The molecule has 1 aliphatic rings. The van der Waals surface area contributed by atoms with Crippen LogP contribution in [0.4, 0.5) is 0 Å². The molecule has 92 valence electrons. The van der Waals surface area contributed by atoms with Crippen molar-refractivity contribution in [3.8, 4) is 0 Å². The van der Waals surface area contributed by atoms with Gasteiger partial charge < -0.3 is 10.1 Å². The third kappa shape index (κ3) is 3.01. The molecular weight excluding hydrogens is 264 g/mol. The molecule has 0 saturated heterocycles. The Morgan fingerprint density at radius 2 is 2.35 bits per heavy atom. The Kier molecular flexibility index (Phi) is 3.44. The molecule has 0 amide bonds. The first-order valence-corrected chi connectivity index (χ1v) is 6.47. The number of hydrogen-bond donors (Lipinski definition) is 2. The minimum Gasteiger partial charge on any atom is -0.481 e. The normalized spacial score (nSPS) is 16.8. The number of H-pyrrole nitrogens is 1. The van der Waals surface area contributed by atoms with E-state index in [2.05, 4.69) is 9.97 Å². The number of carbonyl (C=O) groups is 1. The average molecular weight is 275 g/mol.